The molecule has 0 saturated carbocycles. The van der Waals surface area contributed by atoms with Crippen LogP contribution in [0.3, 0.4) is 0 Å². The highest BCUT2D eigenvalue weighted by atomic mass is 32.1. The summed E-state index contributed by atoms with van der Waals surface area (Å²) in [6, 6.07) is 20.0. The molecule has 2 N–H and O–H groups in total. The van der Waals surface area contributed by atoms with Gasteiger partial charge in [0, 0.05) is 36.2 Å². The minimum Gasteiger partial charge on any atom is -0.352 e. The summed E-state index contributed by atoms with van der Waals surface area (Å²) < 4.78 is 43.6. The number of anilines is 1. The van der Waals surface area contributed by atoms with Gasteiger partial charge >= 0.3 is 6.18 Å². The molecule has 4 aromatic rings. The largest absolute Gasteiger partial charge is 0.418 e. The topological polar surface area (TPSA) is 62.2 Å². The third-order valence-corrected chi connectivity index (χ3v) is 8.04. The number of nitrogens with one attached hydrogen (secondary N) is 2. The van der Waals surface area contributed by atoms with Crippen molar-refractivity contribution in [3.05, 3.63) is 113 Å². The first-order chi connectivity index (χ1) is 20.1. The van der Waals surface area contributed by atoms with E-state index in [1.165, 1.54) is 12.1 Å². The number of aryl methyl sites for hydroxylation is 2. The molecule has 5 rings (SSSR count). The minimum absolute atomic E-state index is 0.0645. The number of hydrogen-bond acceptors (Lipinski definition) is 3. The Hall–Kier alpha value is -4.18. The predicted molar refractivity (Wildman–Crippen MR) is 161 cm³/mol. The second-order valence-electron chi connectivity index (χ2n) is 10.3. The van der Waals surface area contributed by atoms with Gasteiger partial charge in [-0.15, -0.1) is 0 Å². The fourth-order valence-corrected chi connectivity index (χ4v) is 6.07. The Morgan fingerprint density at radius 3 is 2.48 bits per heavy atom. The lowest BCUT2D eigenvalue weighted by atomic mass is 9.96. The number of hydrogen-bond donors (Lipinski definition) is 2. The number of para-hydroxylation sites is 2. The molecule has 2 aromatic heterocycles. The van der Waals surface area contributed by atoms with Crippen LogP contribution >= 0.6 is 12.2 Å². The van der Waals surface area contributed by atoms with E-state index in [0.717, 1.165) is 35.0 Å². The van der Waals surface area contributed by atoms with Crippen molar-refractivity contribution in [3.63, 3.8) is 0 Å². The Kier molecular flexibility index (Phi) is 8.36. The van der Waals surface area contributed by atoms with Crippen LogP contribution in [0.25, 0.3) is 5.69 Å². The lowest BCUT2D eigenvalue weighted by molar-refractivity contribution is -0.137. The highest BCUT2D eigenvalue weighted by molar-refractivity contribution is 7.80. The monoisotopic (exact) mass is 591 g/mol. The molecule has 0 aliphatic carbocycles. The van der Waals surface area contributed by atoms with E-state index in [1.807, 2.05) is 67.3 Å². The van der Waals surface area contributed by atoms with Crippen LogP contribution in [-0.4, -0.2) is 32.0 Å². The molecule has 3 heterocycles. The molecular weight excluding hydrogens is 559 g/mol. The van der Waals surface area contributed by atoms with E-state index >= 15 is 0 Å². The van der Waals surface area contributed by atoms with Gasteiger partial charge in [0.2, 0.25) is 5.91 Å². The van der Waals surface area contributed by atoms with Crippen molar-refractivity contribution < 1.29 is 18.0 Å². The van der Waals surface area contributed by atoms with Gasteiger partial charge in [-0.25, -0.2) is 0 Å². The molecule has 0 radical (unpaired) electrons. The SMILES string of the molecule is CCc1ccccc1NC(=O)CCN1C(=S)N[C@H](c2ccccn2)[C@@H]1c1cc(C)n(-c2ccccc2C(F)(F)F)c1C. The third-order valence-electron chi connectivity index (χ3n) is 7.69. The van der Waals surface area contributed by atoms with Crippen molar-refractivity contribution >= 4 is 28.9 Å². The summed E-state index contributed by atoms with van der Waals surface area (Å²) in [5.41, 5.74) is 4.05. The molecule has 0 bridgehead atoms. The molecule has 0 spiro atoms. The lowest BCUT2D eigenvalue weighted by Gasteiger charge is -2.28. The molecule has 6 nitrogen and oxygen atoms in total. The van der Waals surface area contributed by atoms with Crippen LogP contribution in [0.15, 0.2) is 79.0 Å². The number of nitrogens with zero attached hydrogens (tertiary/aromatic N) is 3. The van der Waals surface area contributed by atoms with Gasteiger partial charge in [-0.2, -0.15) is 13.2 Å². The van der Waals surface area contributed by atoms with Gasteiger partial charge in [-0.1, -0.05) is 43.3 Å². The van der Waals surface area contributed by atoms with Crippen molar-refractivity contribution in [3.8, 4) is 5.69 Å². The standard InChI is InChI=1S/C32H32F3N5OS/c1-4-22-11-5-7-13-25(22)37-28(41)16-18-39-30(29(38-31(39)42)26-14-9-10-17-36-26)23-19-20(2)40(21(23)3)27-15-8-6-12-24(27)32(33,34)35/h5-15,17,19,29-30H,4,16,18H2,1-3H3,(H,37,41)(H,38,42)/t29-,30+/m1/s1. The third kappa shape index (κ3) is 5.76. The van der Waals surface area contributed by atoms with Crippen LogP contribution in [0.5, 0.6) is 0 Å². The zero-order chi connectivity index (χ0) is 30.0. The fourth-order valence-electron chi connectivity index (χ4n) is 5.74. The van der Waals surface area contributed by atoms with Gasteiger partial charge in [-0.3, -0.25) is 9.78 Å². The van der Waals surface area contributed by atoms with E-state index in [1.54, 1.807) is 23.8 Å². The number of carbonyl (C=O) groups excluding carboxylic acids is 1. The van der Waals surface area contributed by atoms with Gasteiger partial charge < -0.3 is 20.1 Å². The average molecular weight is 592 g/mol. The molecule has 0 unspecified atom stereocenters. The van der Waals surface area contributed by atoms with Crippen molar-refractivity contribution in [2.45, 2.75) is 51.9 Å². The number of alkyl halides is 3. The Morgan fingerprint density at radius 1 is 1.05 bits per heavy atom. The van der Waals surface area contributed by atoms with Crippen LogP contribution in [0.2, 0.25) is 0 Å². The Labute approximate surface area is 248 Å². The number of carbonyl (C=O) groups is 1. The van der Waals surface area contributed by atoms with Gasteiger partial charge in [0.05, 0.1) is 29.0 Å². The molecule has 1 aliphatic rings. The molecule has 1 saturated heterocycles. The van der Waals surface area contributed by atoms with E-state index < -0.39 is 17.8 Å². The summed E-state index contributed by atoms with van der Waals surface area (Å²) >= 11 is 5.76. The lowest BCUT2D eigenvalue weighted by Crippen LogP contribution is -2.33. The molecular formula is C32H32F3N5OS. The number of amides is 1. The van der Waals surface area contributed by atoms with Crippen molar-refractivity contribution in [1.82, 2.24) is 19.8 Å². The van der Waals surface area contributed by atoms with Gasteiger partial charge in [0.1, 0.15) is 0 Å². The number of halogens is 3. The first-order valence-electron chi connectivity index (χ1n) is 13.8. The first kappa shape index (κ1) is 29.3. The number of pyridine rings is 1. The molecule has 1 aliphatic heterocycles. The smallest absolute Gasteiger partial charge is 0.352 e. The number of thiocarbonyl (C=S) groups is 1. The van der Waals surface area contributed by atoms with E-state index in [2.05, 4.69) is 15.6 Å². The van der Waals surface area contributed by atoms with Gasteiger partial charge in [-0.05, 0) is 80.0 Å². The van der Waals surface area contributed by atoms with Crippen molar-refractivity contribution in [2.24, 2.45) is 0 Å². The van der Waals surface area contributed by atoms with Crippen molar-refractivity contribution in [2.75, 3.05) is 11.9 Å². The van der Waals surface area contributed by atoms with Crippen LogP contribution in [-0.2, 0) is 17.4 Å². The second-order valence-corrected chi connectivity index (χ2v) is 10.7. The van der Waals surface area contributed by atoms with Gasteiger partial charge in [0.25, 0.3) is 0 Å². The van der Waals surface area contributed by atoms with Crippen LogP contribution in [0.4, 0.5) is 18.9 Å². The summed E-state index contributed by atoms with van der Waals surface area (Å²) in [6.45, 7) is 5.95. The highest BCUT2D eigenvalue weighted by Gasteiger charge is 2.42. The molecule has 218 valence electrons. The zero-order valence-corrected chi connectivity index (χ0v) is 24.4. The summed E-state index contributed by atoms with van der Waals surface area (Å²) in [6.07, 6.45) is -1.86. The quantitative estimate of drug-likeness (QED) is 0.215. The Bertz CT molecular complexity index is 1600. The Morgan fingerprint density at radius 2 is 1.76 bits per heavy atom. The van der Waals surface area contributed by atoms with E-state index in [0.29, 0.717) is 23.0 Å². The predicted octanol–water partition coefficient (Wildman–Crippen LogP) is 7.07. The van der Waals surface area contributed by atoms with Crippen LogP contribution in [0, 0.1) is 13.8 Å². The second kappa shape index (κ2) is 12.0. The van der Waals surface area contributed by atoms with Gasteiger partial charge in [0.15, 0.2) is 5.11 Å². The average Bonchev–Trinajstić information content (AvgIpc) is 3.46. The Balaban J connectivity index is 1.51. The molecule has 2 aromatic carbocycles. The molecule has 2 atom stereocenters. The summed E-state index contributed by atoms with van der Waals surface area (Å²) in [7, 11) is 0. The van der Waals surface area contributed by atoms with E-state index in [4.69, 9.17) is 12.2 Å². The number of aromatic nitrogens is 2. The van der Waals surface area contributed by atoms with Crippen molar-refractivity contribution in [1.29, 1.82) is 0 Å². The van der Waals surface area contributed by atoms with Crippen LogP contribution in [0.1, 0.15) is 59.2 Å². The number of rotatable bonds is 8. The molecule has 10 heteroatoms. The summed E-state index contributed by atoms with van der Waals surface area (Å²) in [5.74, 6) is -0.150. The maximum Gasteiger partial charge on any atom is 0.418 e. The molecule has 1 fully saturated rings. The van der Waals surface area contributed by atoms with E-state index in [-0.39, 0.29) is 24.1 Å². The zero-order valence-electron chi connectivity index (χ0n) is 23.6. The summed E-state index contributed by atoms with van der Waals surface area (Å²) in [4.78, 5) is 19.6. The first-order valence-corrected chi connectivity index (χ1v) is 14.2. The normalized spacial score (nSPS) is 16.9. The maximum absolute atomic E-state index is 14.0. The van der Waals surface area contributed by atoms with E-state index in [9.17, 15) is 18.0 Å². The molecule has 42 heavy (non-hydrogen) atoms. The summed E-state index contributed by atoms with van der Waals surface area (Å²) in [5, 5.41) is 6.83. The van der Waals surface area contributed by atoms with Crippen LogP contribution < -0.4 is 10.6 Å². The minimum atomic E-state index is -4.51. The number of benzene rings is 2. The molecule has 1 amide bonds. The highest BCUT2D eigenvalue weighted by Crippen LogP contribution is 2.42. The maximum atomic E-state index is 14.0. The fraction of sp³-hybridized carbons (Fsp3) is 0.281.